The molecule has 2 aromatic carbocycles. The molecular formula is C16H15Br2N3O3. The average Bonchev–Trinajstić information content (AvgIpc) is 2.57. The van der Waals surface area contributed by atoms with E-state index in [4.69, 9.17) is 0 Å². The van der Waals surface area contributed by atoms with E-state index >= 15 is 0 Å². The molecule has 2 rings (SSSR count). The molecule has 0 unspecified atom stereocenters. The van der Waals surface area contributed by atoms with Gasteiger partial charge in [0.2, 0.25) is 0 Å². The van der Waals surface area contributed by atoms with Gasteiger partial charge in [0.25, 0.3) is 5.91 Å². The molecule has 0 aliphatic carbocycles. The van der Waals surface area contributed by atoms with E-state index in [-0.39, 0.29) is 28.4 Å². The monoisotopic (exact) mass is 455 g/mol. The van der Waals surface area contributed by atoms with Crippen molar-refractivity contribution in [3.63, 3.8) is 0 Å². The van der Waals surface area contributed by atoms with Gasteiger partial charge in [-0.3, -0.25) is 4.79 Å². The van der Waals surface area contributed by atoms with Crippen LogP contribution in [0.3, 0.4) is 0 Å². The minimum absolute atomic E-state index is 0.0755. The van der Waals surface area contributed by atoms with Crippen molar-refractivity contribution in [2.45, 2.75) is 6.92 Å². The summed E-state index contributed by atoms with van der Waals surface area (Å²) >= 11 is 6.27. The van der Waals surface area contributed by atoms with Crippen molar-refractivity contribution in [3.05, 3.63) is 50.4 Å². The summed E-state index contributed by atoms with van der Waals surface area (Å²) in [7, 11) is 0. The van der Waals surface area contributed by atoms with Gasteiger partial charge in [-0.15, -0.1) is 0 Å². The first-order valence-corrected chi connectivity index (χ1v) is 8.49. The molecule has 4 N–H and O–H groups in total. The van der Waals surface area contributed by atoms with Crippen LogP contribution in [0, 0.1) is 6.92 Å². The zero-order valence-electron chi connectivity index (χ0n) is 12.7. The predicted molar refractivity (Wildman–Crippen MR) is 101 cm³/mol. The molecular weight excluding hydrogens is 442 g/mol. The highest BCUT2D eigenvalue weighted by molar-refractivity contribution is 9.11. The standard InChI is InChI=1S/C16H15Br2N3O3/c1-9-2-4-11(5-3-9)19-8-13(22)21-20-7-10-6-12(17)15(23)16(24)14(10)18/h2-7,19,23-24H,8H2,1H3,(H,21,22). The van der Waals surface area contributed by atoms with Gasteiger partial charge in [-0.25, -0.2) is 5.43 Å². The van der Waals surface area contributed by atoms with E-state index in [0.717, 1.165) is 11.3 Å². The van der Waals surface area contributed by atoms with Crippen LogP contribution in [0.15, 0.2) is 44.4 Å². The number of hydrogen-bond donors (Lipinski definition) is 4. The topological polar surface area (TPSA) is 94.0 Å². The molecule has 0 aliphatic heterocycles. The summed E-state index contributed by atoms with van der Waals surface area (Å²) in [6.07, 6.45) is 1.36. The fraction of sp³-hybridized carbons (Fsp3) is 0.125. The first-order valence-electron chi connectivity index (χ1n) is 6.91. The molecule has 0 aliphatic rings. The summed E-state index contributed by atoms with van der Waals surface area (Å²) in [5, 5.41) is 26.1. The van der Waals surface area contributed by atoms with Crippen LogP contribution < -0.4 is 10.7 Å². The maximum atomic E-state index is 11.7. The summed E-state index contributed by atoms with van der Waals surface area (Å²) in [4.78, 5) is 11.7. The quantitative estimate of drug-likeness (QED) is 0.314. The Morgan fingerprint density at radius 2 is 1.88 bits per heavy atom. The van der Waals surface area contributed by atoms with Gasteiger partial charge in [-0.2, -0.15) is 5.10 Å². The molecule has 0 fully saturated rings. The molecule has 0 atom stereocenters. The molecule has 0 heterocycles. The normalized spacial score (nSPS) is 10.8. The molecule has 0 spiro atoms. The van der Waals surface area contributed by atoms with E-state index in [1.165, 1.54) is 6.21 Å². The van der Waals surface area contributed by atoms with Gasteiger partial charge < -0.3 is 15.5 Å². The third-order valence-electron chi connectivity index (χ3n) is 3.09. The van der Waals surface area contributed by atoms with Crippen LogP contribution in [-0.4, -0.2) is 28.9 Å². The van der Waals surface area contributed by atoms with Crippen molar-refractivity contribution in [1.29, 1.82) is 0 Å². The lowest BCUT2D eigenvalue weighted by molar-refractivity contribution is -0.119. The molecule has 1 amide bonds. The second-order valence-electron chi connectivity index (χ2n) is 4.97. The van der Waals surface area contributed by atoms with Crippen LogP contribution in [0.2, 0.25) is 0 Å². The summed E-state index contributed by atoms with van der Waals surface area (Å²) < 4.78 is 0.594. The predicted octanol–water partition coefficient (Wildman–Crippen LogP) is 3.49. The number of hydrogen-bond acceptors (Lipinski definition) is 5. The number of phenols is 2. The Balaban J connectivity index is 1.92. The Labute approximate surface area is 155 Å². The first kappa shape index (κ1) is 18.3. The number of aryl methyl sites for hydroxylation is 1. The van der Waals surface area contributed by atoms with Crippen LogP contribution >= 0.6 is 31.9 Å². The maximum absolute atomic E-state index is 11.7. The SMILES string of the molecule is Cc1ccc(NCC(=O)NN=Cc2cc(Br)c(O)c(O)c2Br)cc1. The Kier molecular flexibility index (Phi) is 6.22. The van der Waals surface area contributed by atoms with Gasteiger partial charge in [0.05, 0.1) is 21.7 Å². The van der Waals surface area contributed by atoms with Gasteiger partial charge >= 0.3 is 0 Å². The number of nitrogens with one attached hydrogen (secondary N) is 2. The lowest BCUT2D eigenvalue weighted by Gasteiger charge is -2.07. The number of nitrogens with zero attached hydrogens (tertiary/aromatic N) is 1. The van der Waals surface area contributed by atoms with E-state index in [1.807, 2.05) is 31.2 Å². The van der Waals surface area contributed by atoms with Gasteiger partial charge in [0.1, 0.15) is 0 Å². The van der Waals surface area contributed by atoms with Crippen LogP contribution in [0.1, 0.15) is 11.1 Å². The Morgan fingerprint density at radius 3 is 2.54 bits per heavy atom. The molecule has 0 saturated heterocycles. The fourth-order valence-electron chi connectivity index (χ4n) is 1.78. The summed E-state index contributed by atoms with van der Waals surface area (Å²) in [5.74, 6) is -0.895. The molecule has 0 aromatic heterocycles. The number of benzene rings is 2. The van der Waals surface area contributed by atoms with Gasteiger partial charge in [0, 0.05) is 11.3 Å². The zero-order chi connectivity index (χ0) is 17.7. The smallest absolute Gasteiger partial charge is 0.259 e. The second kappa shape index (κ2) is 8.16. The number of amides is 1. The molecule has 6 nitrogen and oxygen atoms in total. The largest absolute Gasteiger partial charge is 0.503 e. The minimum atomic E-state index is -0.315. The minimum Gasteiger partial charge on any atom is -0.503 e. The Morgan fingerprint density at radius 1 is 1.21 bits per heavy atom. The maximum Gasteiger partial charge on any atom is 0.259 e. The third kappa shape index (κ3) is 4.72. The average molecular weight is 457 g/mol. The van der Waals surface area contributed by atoms with Crippen molar-refractivity contribution in [1.82, 2.24) is 5.43 Å². The number of carbonyl (C=O) groups is 1. The van der Waals surface area contributed by atoms with E-state index in [2.05, 4.69) is 47.7 Å². The van der Waals surface area contributed by atoms with Crippen molar-refractivity contribution in [2.75, 3.05) is 11.9 Å². The second-order valence-corrected chi connectivity index (χ2v) is 6.62. The van der Waals surface area contributed by atoms with Crippen molar-refractivity contribution >= 4 is 49.7 Å². The van der Waals surface area contributed by atoms with Crippen molar-refractivity contribution in [2.24, 2.45) is 5.10 Å². The highest BCUT2D eigenvalue weighted by Crippen LogP contribution is 2.40. The highest BCUT2D eigenvalue weighted by Gasteiger charge is 2.12. The Hall–Kier alpha value is -2.06. The van der Waals surface area contributed by atoms with Crippen LogP contribution in [0.5, 0.6) is 11.5 Å². The van der Waals surface area contributed by atoms with Gasteiger partial charge in [-0.1, -0.05) is 17.7 Å². The molecule has 24 heavy (non-hydrogen) atoms. The summed E-state index contributed by atoms with van der Waals surface area (Å²) in [6.45, 7) is 2.06. The molecule has 0 saturated carbocycles. The van der Waals surface area contributed by atoms with E-state index in [0.29, 0.717) is 10.0 Å². The van der Waals surface area contributed by atoms with Crippen LogP contribution in [0.25, 0.3) is 0 Å². The highest BCUT2D eigenvalue weighted by atomic mass is 79.9. The number of aromatic hydroxyl groups is 2. The molecule has 0 bridgehead atoms. The number of carbonyl (C=O) groups excluding carboxylic acids is 1. The third-order valence-corrected chi connectivity index (χ3v) is 4.53. The number of rotatable bonds is 5. The fourth-order valence-corrected chi connectivity index (χ4v) is 2.62. The van der Waals surface area contributed by atoms with E-state index in [9.17, 15) is 15.0 Å². The van der Waals surface area contributed by atoms with Gasteiger partial charge in [0.15, 0.2) is 11.5 Å². The summed E-state index contributed by atoms with van der Waals surface area (Å²) in [6, 6.07) is 9.23. The molecule has 8 heteroatoms. The van der Waals surface area contributed by atoms with E-state index < -0.39 is 0 Å². The lowest BCUT2D eigenvalue weighted by atomic mass is 10.2. The number of anilines is 1. The van der Waals surface area contributed by atoms with Gasteiger partial charge in [-0.05, 0) is 57.0 Å². The van der Waals surface area contributed by atoms with Crippen LogP contribution in [-0.2, 0) is 4.79 Å². The first-order chi connectivity index (χ1) is 11.4. The summed E-state index contributed by atoms with van der Waals surface area (Å²) in [5.41, 5.74) is 4.86. The molecule has 2 aromatic rings. The number of halogens is 2. The van der Waals surface area contributed by atoms with Crippen molar-refractivity contribution < 1.29 is 15.0 Å². The molecule has 126 valence electrons. The lowest BCUT2D eigenvalue weighted by Crippen LogP contribution is -2.25. The molecule has 0 radical (unpaired) electrons. The van der Waals surface area contributed by atoms with Crippen LogP contribution in [0.4, 0.5) is 5.69 Å². The number of hydrazone groups is 1. The number of phenolic OH excluding ortho intramolecular Hbond substituents is 2. The van der Waals surface area contributed by atoms with Crippen molar-refractivity contribution in [3.8, 4) is 11.5 Å². The Bertz CT molecular complexity index is 777. The zero-order valence-corrected chi connectivity index (χ0v) is 15.8. The van der Waals surface area contributed by atoms with E-state index in [1.54, 1.807) is 6.07 Å².